The van der Waals surface area contributed by atoms with Crippen LogP contribution in [-0.4, -0.2) is 35.4 Å². The molecule has 1 fully saturated rings. The van der Waals surface area contributed by atoms with Gasteiger partial charge >= 0.3 is 6.18 Å². The predicted octanol–water partition coefficient (Wildman–Crippen LogP) is 4.03. The lowest BCUT2D eigenvalue weighted by Crippen LogP contribution is -2.43. The molecule has 0 radical (unpaired) electrons. The molecule has 1 saturated heterocycles. The minimum absolute atomic E-state index is 0.135. The molecule has 8 heteroatoms. The number of hydrogen-bond acceptors (Lipinski definition) is 2. The zero-order valence-electron chi connectivity index (χ0n) is 11.1. The van der Waals surface area contributed by atoms with Gasteiger partial charge in [0.15, 0.2) is 0 Å². The standard InChI is InChI=1S/C13H14ClF5N2/c14-11-10(13(17,18)19)6-9(7-20-11)2-5-21-4-1-3-12(15,16)8-21/h6-7H,1-5,8H2. The molecule has 2 nitrogen and oxygen atoms in total. The van der Waals surface area contributed by atoms with Gasteiger partial charge in [-0.25, -0.2) is 13.8 Å². The van der Waals surface area contributed by atoms with Crippen molar-refractivity contribution in [3.63, 3.8) is 0 Å². The second kappa shape index (κ2) is 6.04. The fraction of sp³-hybridized carbons (Fsp3) is 0.615. The summed E-state index contributed by atoms with van der Waals surface area (Å²) in [6, 6.07) is 0.928. The summed E-state index contributed by atoms with van der Waals surface area (Å²) in [5.41, 5.74) is -0.661. The molecule has 2 heterocycles. The zero-order valence-corrected chi connectivity index (χ0v) is 11.8. The van der Waals surface area contributed by atoms with Crippen LogP contribution in [0, 0.1) is 0 Å². The SMILES string of the molecule is FC1(F)CCCN(CCc2cnc(Cl)c(C(F)(F)F)c2)C1. The van der Waals surface area contributed by atoms with E-state index < -0.39 is 22.8 Å². The first-order valence-corrected chi connectivity index (χ1v) is 6.87. The lowest BCUT2D eigenvalue weighted by molar-refractivity contribution is -0.137. The van der Waals surface area contributed by atoms with E-state index >= 15 is 0 Å². The molecule has 1 aliphatic heterocycles. The lowest BCUT2D eigenvalue weighted by Gasteiger charge is -2.32. The van der Waals surface area contributed by atoms with E-state index in [1.54, 1.807) is 4.90 Å². The van der Waals surface area contributed by atoms with Crippen LogP contribution in [0.2, 0.25) is 5.15 Å². The second-order valence-corrected chi connectivity index (χ2v) is 5.52. The van der Waals surface area contributed by atoms with E-state index in [-0.39, 0.29) is 25.9 Å². The largest absolute Gasteiger partial charge is 0.419 e. The molecule has 1 aliphatic rings. The van der Waals surface area contributed by atoms with Gasteiger partial charge in [-0.2, -0.15) is 13.2 Å². The molecule has 0 saturated carbocycles. The second-order valence-electron chi connectivity index (χ2n) is 5.17. The summed E-state index contributed by atoms with van der Waals surface area (Å²) < 4.78 is 64.5. The van der Waals surface area contributed by atoms with E-state index in [0.29, 0.717) is 18.5 Å². The normalized spacial score (nSPS) is 19.7. The topological polar surface area (TPSA) is 16.1 Å². The van der Waals surface area contributed by atoms with Crippen molar-refractivity contribution in [1.82, 2.24) is 9.88 Å². The number of piperidine rings is 1. The maximum Gasteiger partial charge on any atom is 0.419 e. The van der Waals surface area contributed by atoms with Gasteiger partial charge in [0.25, 0.3) is 5.92 Å². The maximum atomic E-state index is 13.2. The average molecular weight is 329 g/mol. The van der Waals surface area contributed by atoms with E-state index in [4.69, 9.17) is 11.6 Å². The Bertz CT molecular complexity index is 504. The summed E-state index contributed by atoms with van der Waals surface area (Å²) in [6.45, 7) is 0.457. The van der Waals surface area contributed by atoms with Crippen LogP contribution in [0.5, 0.6) is 0 Å². The Morgan fingerprint density at radius 3 is 2.67 bits per heavy atom. The highest BCUT2D eigenvalue weighted by atomic mass is 35.5. The monoisotopic (exact) mass is 328 g/mol. The molecule has 0 N–H and O–H groups in total. The molecule has 0 aliphatic carbocycles. The number of alkyl halides is 5. The first-order valence-electron chi connectivity index (χ1n) is 6.49. The summed E-state index contributed by atoms with van der Waals surface area (Å²) in [5, 5.41) is -0.601. The quantitative estimate of drug-likeness (QED) is 0.615. The van der Waals surface area contributed by atoms with Crippen LogP contribution < -0.4 is 0 Å². The van der Waals surface area contributed by atoms with Gasteiger partial charge in [0, 0.05) is 19.2 Å². The number of likely N-dealkylation sites (tertiary alicyclic amines) is 1. The number of halogens is 6. The molecule has 1 aromatic rings. The van der Waals surface area contributed by atoms with E-state index in [1.807, 2.05) is 0 Å². The highest BCUT2D eigenvalue weighted by Gasteiger charge is 2.35. The fourth-order valence-corrected chi connectivity index (χ4v) is 2.56. The smallest absolute Gasteiger partial charge is 0.297 e. The van der Waals surface area contributed by atoms with Crippen LogP contribution >= 0.6 is 11.6 Å². The Labute approximate surface area is 123 Å². The van der Waals surface area contributed by atoms with Crippen molar-refractivity contribution < 1.29 is 22.0 Å². The first kappa shape index (κ1) is 16.4. The Hall–Kier alpha value is -0.950. The zero-order chi connectivity index (χ0) is 15.7. The van der Waals surface area contributed by atoms with Gasteiger partial charge in [-0.1, -0.05) is 11.6 Å². The Kier molecular flexibility index (Phi) is 4.72. The van der Waals surface area contributed by atoms with Crippen molar-refractivity contribution in [3.05, 3.63) is 28.5 Å². The number of rotatable bonds is 3. The summed E-state index contributed by atoms with van der Waals surface area (Å²) in [4.78, 5) is 5.08. The minimum atomic E-state index is -4.57. The molecule has 0 spiro atoms. The number of nitrogens with zero attached hydrogens (tertiary/aromatic N) is 2. The fourth-order valence-electron chi connectivity index (χ4n) is 2.35. The molecule has 0 amide bonds. The van der Waals surface area contributed by atoms with Crippen molar-refractivity contribution in [2.45, 2.75) is 31.4 Å². The average Bonchev–Trinajstić information content (AvgIpc) is 2.35. The van der Waals surface area contributed by atoms with Crippen LogP contribution in [-0.2, 0) is 12.6 Å². The van der Waals surface area contributed by atoms with E-state index in [9.17, 15) is 22.0 Å². The van der Waals surface area contributed by atoms with Gasteiger partial charge in [-0.3, -0.25) is 4.90 Å². The minimum Gasteiger partial charge on any atom is -0.297 e. The van der Waals surface area contributed by atoms with Gasteiger partial charge < -0.3 is 0 Å². The number of hydrogen-bond donors (Lipinski definition) is 0. The lowest BCUT2D eigenvalue weighted by atomic mass is 10.1. The molecule has 0 aromatic carbocycles. The summed E-state index contributed by atoms with van der Waals surface area (Å²) in [6.07, 6.45) is -2.84. The van der Waals surface area contributed by atoms with Crippen LogP contribution in [0.25, 0.3) is 0 Å². The van der Waals surface area contributed by atoms with Gasteiger partial charge in [-0.05, 0) is 31.0 Å². The maximum absolute atomic E-state index is 13.2. The molecule has 118 valence electrons. The van der Waals surface area contributed by atoms with Crippen molar-refractivity contribution in [2.75, 3.05) is 19.6 Å². The van der Waals surface area contributed by atoms with Gasteiger partial charge in [0.1, 0.15) is 5.15 Å². The molecular weight excluding hydrogens is 315 g/mol. The summed E-state index contributed by atoms with van der Waals surface area (Å²) >= 11 is 5.43. The van der Waals surface area contributed by atoms with Gasteiger partial charge in [0.05, 0.1) is 12.1 Å². The predicted molar refractivity (Wildman–Crippen MR) is 68.6 cm³/mol. The first-order chi connectivity index (χ1) is 9.67. The van der Waals surface area contributed by atoms with Crippen LogP contribution in [0.15, 0.2) is 12.3 Å². The third-order valence-corrected chi connectivity index (χ3v) is 3.69. The molecule has 0 unspecified atom stereocenters. The number of pyridine rings is 1. The van der Waals surface area contributed by atoms with Crippen molar-refractivity contribution in [3.8, 4) is 0 Å². The van der Waals surface area contributed by atoms with Gasteiger partial charge in [-0.15, -0.1) is 0 Å². The third kappa shape index (κ3) is 4.51. The van der Waals surface area contributed by atoms with Crippen LogP contribution in [0.4, 0.5) is 22.0 Å². The highest BCUT2D eigenvalue weighted by molar-refractivity contribution is 6.30. The van der Waals surface area contributed by atoms with E-state index in [1.165, 1.54) is 6.20 Å². The van der Waals surface area contributed by atoms with E-state index in [0.717, 1.165) is 6.07 Å². The molecule has 1 aromatic heterocycles. The van der Waals surface area contributed by atoms with Crippen molar-refractivity contribution in [1.29, 1.82) is 0 Å². The molecule has 2 rings (SSSR count). The van der Waals surface area contributed by atoms with Gasteiger partial charge in [0.2, 0.25) is 0 Å². The summed E-state index contributed by atoms with van der Waals surface area (Å²) in [7, 11) is 0. The van der Waals surface area contributed by atoms with Crippen LogP contribution in [0.3, 0.4) is 0 Å². The molecule has 21 heavy (non-hydrogen) atoms. The highest BCUT2D eigenvalue weighted by Crippen LogP contribution is 2.34. The number of aromatic nitrogens is 1. The summed E-state index contributed by atoms with van der Waals surface area (Å²) in [5.74, 6) is -2.71. The Balaban J connectivity index is 2.01. The molecule has 0 atom stereocenters. The Morgan fingerprint density at radius 2 is 2.05 bits per heavy atom. The Morgan fingerprint density at radius 1 is 1.33 bits per heavy atom. The molecule has 0 bridgehead atoms. The van der Waals surface area contributed by atoms with Crippen LogP contribution in [0.1, 0.15) is 24.0 Å². The van der Waals surface area contributed by atoms with Crippen molar-refractivity contribution >= 4 is 11.6 Å². The third-order valence-electron chi connectivity index (χ3n) is 3.39. The molecular formula is C13H14ClF5N2. The van der Waals surface area contributed by atoms with Crippen molar-refractivity contribution in [2.24, 2.45) is 0 Å². The van der Waals surface area contributed by atoms with E-state index in [2.05, 4.69) is 4.98 Å².